The molecule has 0 saturated carbocycles. The number of alkyl halides is 2. The van der Waals surface area contributed by atoms with Crippen LogP contribution in [0.5, 0.6) is 0 Å². The summed E-state index contributed by atoms with van der Waals surface area (Å²) in [5.74, 6) is -1.79. The first-order valence-corrected chi connectivity index (χ1v) is 8.80. The Bertz CT molecular complexity index is 1060. The number of carbonyl (C=O) groups is 2. The molecule has 0 fully saturated rings. The Morgan fingerprint density at radius 1 is 1.21 bits per heavy atom. The van der Waals surface area contributed by atoms with Gasteiger partial charge in [0.2, 0.25) is 5.91 Å². The van der Waals surface area contributed by atoms with E-state index >= 15 is 0 Å². The summed E-state index contributed by atoms with van der Waals surface area (Å²) < 4.78 is 33.5. The minimum Gasteiger partial charge on any atom is -0.454 e. The molecule has 28 heavy (non-hydrogen) atoms. The number of esters is 1. The number of hydrogen-bond donors (Lipinski definition) is 1. The summed E-state index contributed by atoms with van der Waals surface area (Å²) in [6, 6.07) is 13.4. The highest BCUT2D eigenvalue weighted by atomic mass is 19.3. The molecule has 1 aromatic heterocycles. The van der Waals surface area contributed by atoms with Gasteiger partial charge < -0.3 is 10.1 Å². The molecule has 1 aliphatic heterocycles. The molecule has 3 aromatic rings. The van der Waals surface area contributed by atoms with Crippen LogP contribution in [0.4, 0.5) is 14.5 Å². The summed E-state index contributed by atoms with van der Waals surface area (Å²) in [6.45, 7) is -1.34. The predicted molar refractivity (Wildman–Crippen MR) is 97.9 cm³/mol. The number of aromatic nitrogens is 2. The molecule has 4 rings (SSSR count). The monoisotopic (exact) mass is 385 g/mol. The van der Waals surface area contributed by atoms with Crippen LogP contribution in [0.1, 0.15) is 43.3 Å². The van der Waals surface area contributed by atoms with Gasteiger partial charge in [-0.25, -0.2) is 4.98 Å². The number of halogens is 2. The molecule has 8 heteroatoms. The van der Waals surface area contributed by atoms with Crippen LogP contribution in [0.15, 0.2) is 48.5 Å². The number of nitrogens with zero attached hydrogens (tertiary/aromatic N) is 2. The topological polar surface area (TPSA) is 73.2 Å². The predicted octanol–water partition coefficient (Wildman–Crippen LogP) is 4.16. The molecule has 0 spiro atoms. The second-order valence-corrected chi connectivity index (χ2v) is 6.58. The summed E-state index contributed by atoms with van der Waals surface area (Å²) in [5.41, 5.74) is 1.84. The average Bonchev–Trinajstić information content (AvgIpc) is 3.07. The van der Waals surface area contributed by atoms with Crippen LogP contribution in [0.25, 0.3) is 11.0 Å². The lowest BCUT2D eigenvalue weighted by Crippen LogP contribution is -2.29. The number of fused-ring (bicyclic) bond motifs is 2. The molecule has 144 valence electrons. The number of imidazole rings is 1. The summed E-state index contributed by atoms with van der Waals surface area (Å²) in [5, 5.41) is 2.71. The van der Waals surface area contributed by atoms with E-state index in [0.717, 1.165) is 4.57 Å². The number of rotatable bonds is 4. The van der Waals surface area contributed by atoms with Crippen LogP contribution < -0.4 is 5.32 Å². The molecule has 0 aliphatic carbocycles. The number of para-hydroxylation sites is 3. The van der Waals surface area contributed by atoms with Crippen LogP contribution in [-0.2, 0) is 14.3 Å². The van der Waals surface area contributed by atoms with Crippen LogP contribution in [-0.4, -0.2) is 21.4 Å². The largest absolute Gasteiger partial charge is 0.454 e. The average molecular weight is 385 g/mol. The number of nitrogens with one attached hydrogen (secondary N) is 1. The first kappa shape index (κ1) is 18.1. The Morgan fingerprint density at radius 3 is 2.71 bits per heavy atom. The number of amides is 1. The van der Waals surface area contributed by atoms with E-state index in [9.17, 15) is 18.4 Å². The third kappa shape index (κ3) is 3.11. The standard InChI is InChI=1S/C20H17F2N3O3/c1-11(18-24-15-8-4-5-9-16(15)25(18)20(21)22)28-19(27)13-10-17(26)23-14-7-3-2-6-12(13)14/h2-9,11,13,20H,10H2,1H3,(H,23,26). The van der Waals surface area contributed by atoms with E-state index in [1.165, 1.54) is 13.0 Å². The first-order chi connectivity index (χ1) is 13.5. The highest BCUT2D eigenvalue weighted by molar-refractivity contribution is 6.00. The van der Waals surface area contributed by atoms with Crippen molar-refractivity contribution < 1.29 is 23.1 Å². The van der Waals surface area contributed by atoms with E-state index < -0.39 is 24.5 Å². The zero-order valence-electron chi connectivity index (χ0n) is 14.9. The normalized spacial score (nSPS) is 17.3. The quantitative estimate of drug-likeness (QED) is 0.685. The zero-order chi connectivity index (χ0) is 19.8. The highest BCUT2D eigenvalue weighted by Gasteiger charge is 2.34. The fourth-order valence-corrected chi connectivity index (χ4v) is 3.49. The van der Waals surface area contributed by atoms with Gasteiger partial charge in [-0.2, -0.15) is 8.78 Å². The van der Waals surface area contributed by atoms with E-state index in [2.05, 4.69) is 10.3 Å². The minimum atomic E-state index is -2.83. The van der Waals surface area contributed by atoms with Crippen LogP contribution in [0.2, 0.25) is 0 Å². The molecule has 2 heterocycles. The SMILES string of the molecule is CC(OC(=O)C1CC(=O)Nc2ccccc21)c1nc2ccccc2n1C(F)F. The molecule has 1 aliphatic rings. The van der Waals surface area contributed by atoms with Crippen molar-refractivity contribution in [1.82, 2.24) is 9.55 Å². The number of ether oxygens (including phenoxy) is 1. The lowest BCUT2D eigenvalue weighted by Gasteiger charge is -2.25. The zero-order valence-corrected chi connectivity index (χ0v) is 14.9. The molecule has 6 nitrogen and oxygen atoms in total. The summed E-state index contributed by atoms with van der Waals surface area (Å²) in [6.07, 6.45) is -1.07. The third-order valence-electron chi connectivity index (χ3n) is 4.76. The Hall–Kier alpha value is -3.29. The lowest BCUT2D eigenvalue weighted by molar-refractivity contribution is -0.152. The fraction of sp³-hybridized carbons (Fsp3) is 0.250. The Morgan fingerprint density at radius 2 is 1.93 bits per heavy atom. The van der Waals surface area contributed by atoms with Crippen molar-refractivity contribution in [2.75, 3.05) is 5.32 Å². The second-order valence-electron chi connectivity index (χ2n) is 6.58. The van der Waals surface area contributed by atoms with Crippen molar-refractivity contribution in [1.29, 1.82) is 0 Å². The van der Waals surface area contributed by atoms with Gasteiger partial charge >= 0.3 is 12.5 Å². The first-order valence-electron chi connectivity index (χ1n) is 8.80. The van der Waals surface area contributed by atoms with Gasteiger partial charge in [0.25, 0.3) is 0 Å². The number of anilines is 1. The van der Waals surface area contributed by atoms with Crippen molar-refractivity contribution in [3.63, 3.8) is 0 Å². The summed E-state index contributed by atoms with van der Waals surface area (Å²) >= 11 is 0. The van der Waals surface area contributed by atoms with Crippen LogP contribution in [0, 0.1) is 0 Å². The van der Waals surface area contributed by atoms with E-state index in [1.807, 2.05) is 0 Å². The van der Waals surface area contributed by atoms with E-state index in [1.54, 1.807) is 42.5 Å². The Labute approximate surface area is 159 Å². The fourth-order valence-electron chi connectivity index (χ4n) is 3.49. The van der Waals surface area contributed by atoms with Crippen molar-refractivity contribution in [3.05, 3.63) is 59.9 Å². The van der Waals surface area contributed by atoms with Gasteiger partial charge in [0.15, 0.2) is 11.9 Å². The lowest BCUT2D eigenvalue weighted by atomic mass is 9.90. The van der Waals surface area contributed by atoms with E-state index in [-0.39, 0.29) is 23.7 Å². The van der Waals surface area contributed by atoms with Gasteiger partial charge in [-0.05, 0) is 30.7 Å². The maximum Gasteiger partial charge on any atom is 0.320 e. The molecule has 2 atom stereocenters. The summed E-state index contributed by atoms with van der Waals surface area (Å²) in [7, 11) is 0. The minimum absolute atomic E-state index is 0.0434. The molecule has 1 amide bonds. The third-order valence-corrected chi connectivity index (χ3v) is 4.76. The van der Waals surface area contributed by atoms with Gasteiger partial charge in [-0.15, -0.1) is 0 Å². The van der Waals surface area contributed by atoms with Gasteiger partial charge in [0.1, 0.15) is 0 Å². The number of hydrogen-bond acceptors (Lipinski definition) is 4. The highest BCUT2D eigenvalue weighted by Crippen LogP contribution is 2.35. The van der Waals surface area contributed by atoms with Crippen LogP contribution >= 0.6 is 0 Å². The maximum absolute atomic E-state index is 13.6. The van der Waals surface area contributed by atoms with Gasteiger partial charge in [-0.3, -0.25) is 14.2 Å². The molecule has 2 aromatic carbocycles. The van der Waals surface area contributed by atoms with E-state index in [4.69, 9.17) is 4.74 Å². The van der Waals surface area contributed by atoms with Crippen molar-refractivity contribution >= 4 is 28.6 Å². The number of carbonyl (C=O) groups excluding carboxylic acids is 2. The molecule has 2 unspecified atom stereocenters. The second kappa shape index (κ2) is 7.03. The molecule has 0 saturated heterocycles. The van der Waals surface area contributed by atoms with Crippen molar-refractivity contribution in [3.8, 4) is 0 Å². The number of benzene rings is 2. The van der Waals surface area contributed by atoms with E-state index in [0.29, 0.717) is 16.8 Å². The van der Waals surface area contributed by atoms with Gasteiger partial charge in [0, 0.05) is 12.1 Å². The molecular formula is C20H17F2N3O3. The molecule has 0 bridgehead atoms. The van der Waals surface area contributed by atoms with Gasteiger partial charge in [-0.1, -0.05) is 30.3 Å². The van der Waals surface area contributed by atoms with Crippen LogP contribution in [0.3, 0.4) is 0 Å². The maximum atomic E-state index is 13.6. The van der Waals surface area contributed by atoms with Crippen molar-refractivity contribution in [2.24, 2.45) is 0 Å². The molecule has 0 radical (unpaired) electrons. The van der Waals surface area contributed by atoms with Gasteiger partial charge in [0.05, 0.1) is 17.0 Å². The Kier molecular flexibility index (Phi) is 4.54. The smallest absolute Gasteiger partial charge is 0.320 e. The summed E-state index contributed by atoms with van der Waals surface area (Å²) in [4.78, 5) is 28.9. The molecular weight excluding hydrogens is 368 g/mol. The molecule has 1 N–H and O–H groups in total. The Balaban J connectivity index is 1.64. The van der Waals surface area contributed by atoms with Crippen molar-refractivity contribution in [2.45, 2.75) is 31.9 Å².